The van der Waals surface area contributed by atoms with E-state index in [0.29, 0.717) is 39.6 Å². The summed E-state index contributed by atoms with van der Waals surface area (Å²) in [5.41, 5.74) is 0.998. The third-order valence-electron chi connectivity index (χ3n) is 4.51. The average molecular weight is 401 g/mol. The lowest BCUT2D eigenvalue weighted by atomic mass is 10.1. The molecule has 3 aromatic rings. The number of aromatic carboxylic acids is 1. The fraction of sp³-hybridized carbons (Fsp3) is 0.200. The van der Waals surface area contributed by atoms with E-state index in [0.717, 1.165) is 0 Å². The molecule has 1 aliphatic rings. The number of ether oxygens (including phenoxy) is 2. The van der Waals surface area contributed by atoms with Crippen molar-refractivity contribution in [2.24, 2.45) is 0 Å². The number of hydrogen-bond acceptors (Lipinski definition) is 4. The molecule has 0 radical (unpaired) electrons. The Kier molecular flexibility index (Phi) is 4.83. The summed E-state index contributed by atoms with van der Waals surface area (Å²) in [4.78, 5) is 26.8. The molecule has 1 atom stereocenters. The number of fused-ring (bicyclic) bond motifs is 2. The van der Waals surface area contributed by atoms with Gasteiger partial charge in [0, 0.05) is 21.5 Å². The van der Waals surface area contributed by atoms with Gasteiger partial charge in [0.05, 0.1) is 13.0 Å². The first kappa shape index (κ1) is 18.2. The summed E-state index contributed by atoms with van der Waals surface area (Å²) in [6.45, 7) is 0.568. The number of amides is 1. The predicted molar refractivity (Wildman–Crippen MR) is 103 cm³/mol. The van der Waals surface area contributed by atoms with Gasteiger partial charge in [-0.15, -0.1) is 0 Å². The van der Waals surface area contributed by atoms with E-state index < -0.39 is 5.97 Å². The van der Waals surface area contributed by atoms with Gasteiger partial charge in [0.2, 0.25) is 5.91 Å². The monoisotopic (exact) mass is 400 g/mol. The first-order chi connectivity index (χ1) is 13.5. The summed E-state index contributed by atoms with van der Waals surface area (Å²) >= 11 is 6.03. The van der Waals surface area contributed by atoms with Gasteiger partial charge in [0.15, 0.2) is 11.5 Å². The van der Waals surface area contributed by atoms with Crippen molar-refractivity contribution in [2.45, 2.75) is 12.5 Å². The normalized spacial score (nSPS) is 15.4. The quantitative estimate of drug-likeness (QED) is 0.611. The van der Waals surface area contributed by atoms with Crippen LogP contribution in [0, 0.1) is 0 Å². The number of aromatic nitrogens is 1. The van der Waals surface area contributed by atoms with E-state index in [4.69, 9.17) is 21.1 Å². The van der Waals surface area contributed by atoms with Crippen molar-refractivity contribution in [3.8, 4) is 11.5 Å². The third-order valence-corrected chi connectivity index (χ3v) is 4.75. The Balaban J connectivity index is 1.45. The molecule has 0 bridgehead atoms. The topological polar surface area (TPSA) is 101 Å². The molecule has 144 valence electrons. The molecule has 3 N–H and O–H groups in total. The van der Waals surface area contributed by atoms with Crippen LogP contribution in [-0.2, 0) is 11.2 Å². The molecule has 0 fully saturated rings. The Labute approximate surface area is 165 Å². The number of hydrogen-bond donors (Lipinski definition) is 3. The molecule has 0 saturated heterocycles. The summed E-state index contributed by atoms with van der Waals surface area (Å²) in [6.07, 6.45) is -0.415. The summed E-state index contributed by atoms with van der Waals surface area (Å²) < 4.78 is 11.4. The number of rotatable bonds is 5. The number of nitrogens with one attached hydrogen (secondary N) is 2. The third kappa shape index (κ3) is 3.61. The number of carbonyl (C=O) groups excluding carboxylic acids is 1. The molecule has 7 nitrogen and oxygen atoms in total. The van der Waals surface area contributed by atoms with Crippen LogP contribution in [0.25, 0.3) is 10.9 Å². The molecule has 1 aromatic heterocycles. The number of carboxylic acids is 1. The van der Waals surface area contributed by atoms with Gasteiger partial charge in [-0.25, -0.2) is 4.79 Å². The zero-order chi connectivity index (χ0) is 19.7. The number of halogens is 1. The molecule has 1 unspecified atom stereocenters. The number of carbonyl (C=O) groups is 2. The summed E-state index contributed by atoms with van der Waals surface area (Å²) in [5.74, 6) is -0.138. The van der Waals surface area contributed by atoms with E-state index in [2.05, 4.69) is 10.3 Å². The van der Waals surface area contributed by atoms with Crippen molar-refractivity contribution < 1.29 is 24.2 Å². The first-order valence-electron chi connectivity index (χ1n) is 8.70. The largest absolute Gasteiger partial charge is 0.486 e. The van der Waals surface area contributed by atoms with Gasteiger partial charge in [0.1, 0.15) is 18.4 Å². The lowest BCUT2D eigenvalue weighted by Crippen LogP contribution is -2.41. The highest BCUT2D eigenvalue weighted by molar-refractivity contribution is 6.31. The number of H-pyrrole nitrogens is 1. The van der Waals surface area contributed by atoms with Crippen LogP contribution < -0.4 is 14.8 Å². The van der Waals surface area contributed by atoms with Crippen molar-refractivity contribution in [2.75, 3.05) is 13.2 Å². The fourth-order valence-electron chi connectivity index (χ4n) is 3.20. The van der Waals surface area contributed by atoms with E-state index in [1.54, 1.807) is 24.3 Å². The van der Waals surface area contributed by atoms with Crippen LogP contribution in [0.2, 0.25) is 5.02 Å². The zero-order valence-corrected chi connectivity index (χ0v) is 15.5. The van der Waals surface area contributed by atoms with Crippen molar-refractivity contribution in [3.63, 3.8) is 0 Å². The Morgan fingerprint density at radius 1 is 1.21 bits per heavy atom. The minimum absolute atomic E-state index is 0.0152. The van der Waals surface area contributed by atoms with Crippen LogP contribution in [0.1, 0.15) is 16.1 Å². The fourth-order valence-corrected chi connectivity index (χ4v) is 3.37. The number of para-hydroxylation sites is 2. The number of benzene rings is 2. The second-order valence-corrected chi connectivity index (χ2v) is 6.89. The Morgan fingerprint density at radius 2 is 2.00 bits per heavy atom. The molecule has 1 amide bonds. The molecule has 0 aliphatic carbocycles. The van der Waals surface area contributed by atoms with Crippen LogP contribution in [0.5, 0.6) is 11.5 Å². The Bertz CT molecular complexity index is 1060. The summed E-state index contributed by atoms with van der Waals surface area (Å²) in [5, 5.41) is 13.3. The van der Waals surface area contributed by atoms with E-state index in [1.807, 2.05) is 18.2 Å². The predicted octanol–water partition coefficient (Wildman–Crippen LogP) is 3.02. The molecule has 0 spiro atoms. The molecular weight excluding hydrogens is 384 g/mol. The van der Waals surface area contributed by atoms with Crippen molar-refractivity contribution in [1.29, 1.82) is 0 Å². The summed E-state index contributed by atoms with van der Waals surface area (Å²) in [6, 6.07) is 12.3. The SMILES string of the molecule is O=C(Cc1c(C(=O)O)[nH]c2ccc(Cl)cc12)NCC1COc2ccccc2O1. The van der Waals surface area contributed by atoms with Crippen LogP contribution in [0.4, 0.5) is 0 Å². The van der Waals surface area contributed by atoms with Gasteiger partial charge < -0.3 is 24.9 Å². The number of aromatic amines is 1. The molecule has 28 heavy (non-hydrogen) atoms. The van der Waals surface area contributed by atoms with Gasteiger partial charge in [-0.05, 0) is 30.3 Å². The van der Waals surface area contributed by atoms with Gasteiger partial charge in [-0.3, -0.25) is 4.79 Å². The second kappa shape index (κ2) is 7.44. The van der Waals surface area contributed by atoms with E-state index in [-0.39, 0.29) is 30.7 Å². The van der Waals surface area contributed by atoms with Crippen LogP contribution in [0.3, 0.4) is 0 Å². The highest BCUT2D eigenvalue weighted by Gasteiger charge is 2.23. The van der Waals surface area contributed by atoms with Crippen molar-refractivity contribution >= 4 is 34.4 Å². The molecule has 0 saturated carbocycles. The minimum atomic E-state index is -1.13. The maximum atomic E-state index is 12.5. The van der Waals surface area contributed by atoms with Crippen LogP contribution in [-0.4, -0.2) is 41.2 Å². The smallest absolute Gasteiger partial charge is 0.352 e. The molecule has 2 aromatic carbocycles. The molecule has 1 aliphatic heterocycles. The zero-order valence-electron chi connectivity index (χ0n) is 14.7. The lowest BCUT2D eigenvalue weighted by Gasteiger charge is -2.26. The summed E-state index contributed by atoms with van der Waals surface area (Å²) in [7, 11) is 0. The van der Waals surface area contributed by atoms with E-state index >= 15 is 0 Å². The van der Waals surface area contributed by atoms with Crippen LogP contribution in [0.15, 0.2) is 42.5 Å². The molecule has 2 heterocycles. The van der Waals surface area contributed by atoms with Gasteiger partial charge in [-0.1, -0.05) is 23.7 Å². The highest BCUT2D eigenvalue weighted by Crippen LogP contribution is 2.30. The first-order valence-corrected chi connectivity index (χ1v) is 9.07. The number of carboxylic acid groups (broad SMARTS) is 1. The standard InChI is InChI=1S/C20H17ClN2O5/c21-11-5-6-15-13(7-11)14(19(23-15)20(25)26)8-18(24)22-9-12-10-27-16-3-1-2-4-17(16)28-12/h1-7,12,23H,8-10H2,(H,22,24)(H,25,26). The van der Waals surface area contributed by atoms with Crippen molar-refractivity contribution in [1.82, 2.24) is 10.3 Å². The Morgan fingerprint density at radius 3 is 2.79 bits per heavy atom. The maximum Gasteiger partial charge on any atom is 0.352 e. The molecule has 8 heteroatoms. The average Bonchev–Trinajstić information content (AvgIpc) is 3.04. The Hall–Kier alpha value is -3.19. The minimum Gasteiger partial charge on any atom is -0.486 e. The van der Waals surface area contributed by atoms with Crippen molar-refractivity contribution in [3.05, 3.63) is 58.7 Å². The van der Waals surface area contributed by atoms with Gasteiger partial charge in [-0.2, -0.15) is 0 Å². The maximum absolute atomic E-state index is 12.5. The molecular formula is C20H17ClN2O5. The van der Waals surface area contributed by atoms with Crippen LogP contribution >= 0.6 is 11.6 Å². The van der Waals surface area contributed by atoms with E-state index in [9.17, 15) is 14.7 Å². The highest BCUT2D eigenvalue weighted by atomic mass is 35.5. The lowest BCUT2D eigenvalue weighted by molar-refractivity contribution is -0.120. The molecule has 4 rings (SSSR count). The second-order valence-electron chi connectivity index (χ2n) is 6.45. The van der Waals surface area contributed by atoms with E-state index in [1.165, 1.54) is 0 Å². The van der Waals surface area contributed by atoms with Gasteiger partial charge in [0.25, 0.3) is 0 Å². The van der Waals surface area contributed by atoms with Gasteiger partial charge >= 0.3 is 5.97 Å².